The summed E-state index contributed by atoms with van der Waals surface area (Å²) in [5, 5.41) is 6.18. The molecule has 2 N–H and O–H groups in total. The standard InChI is InChI=1S/C19H29N3O4S.ClH/c1-14-11-16(26-2)7-8-18(14)27(24,25)22-10-4-5-15(13-22)12-21-19(23)17-6-3-9-20-17;/h7-8,11,15,17,20H,3-6,9-10,12-13H2,1-2H3,(H,21,23);1H. The van der Waals surface area contributed by atoms with Gasteiger partial charge in [-0.1, -0.05) is 0 Å². The largest absolute Gasteiger partial charge is 0.497 e. The van der Waals surface area contributed by atoms with Gasteiger partial charge in [-0.3, -0.25) is 4.79 Å². The van der Waals surface area contributed by atoms with Crippen molar-refractivity contribution in [1.82, 2.24) is 14.9 Å². The molecule has 0 aromatic heterocycles. The van der Waals surface area contributed by atoms with Gasteiger partial charge in [0.1, 0.15) is 5.75 Å². The molecule has 1 amide bonds. The Bertz CT molecular complexity index is 781. The first kappa shape index (κ1) is 22.9. The number of hydrogen-bond acceptors (Lipinski definition) is 5. The van der Waals surface area contributed by atoms with Crippen molar-refractivity contribution in [3.8, 4) is 5.75 Å². The second-order valence-corrected chi connectivity index (χ2v) is 9.30. The first-order valence-electron chi connectivity index (χ1n) is 9.57. The number of nitrogens with zero attached hydrogens (tertiary/aromatic N) is 1. The minimum atomic E-state index is -3.55. The first-order valence-corrected chi connectivity index (χ1v) is 11.0. The molecule has 2 aliphatic rings. The van der Waals surface area contributed by atoms with E-state index in [1.165, 1.54) is 0 Å². The maximum atomic E-state index is 13.1. The molecule has 2 atom stereocenters. The molecule has 3 rings (SSSR count). The van der Waals surface area contributed by atoms with Crippen LogP contribution < -0.4 is 15.4 Å². The molecule has 0 aliphatic carbocycles. The van der Waals surface area contributed by atoms with Crippen LogP contribution in [0.1, 0.15) is 31.2 Å². The van der Waals surface area contributed by atoms with Crippen LogP contribution in [0.15, 0.2) is 23.1 Å². The van der Waals surface area contributed by atoms with E-state index in [-0.39, 0.29) is 30.3 Å². The van der Waals surface area contributed by atoms with Crippen LogP contribution in [0, 0.1) is 12.8 Å². The highest BCUT2D eigenvalue weighted by Gasteiger charge is 2.32. The van der Waals surface area contributed by atoms with Gasteiger partial charge < -0.3 is 15.4 Å². The maximum Gasteiger partial charge on any atom is 0.243 e. The number of aryl methyl sites for hydroxylation is 1. The van der Waals surface area contributed by atoms with Crippen LogP contribution in [-0.4, -0.2) is 58.0 Å². The van der Waals surface area contributed by atoms with E-state index in [9.17, 15) is 13.2 Å². The minimum Gasteiger partial charge on any atom is -0.497 e. The van der Waals surface area contributed by atoms with Crippen LogP contribution >= 0.6 is 12.4 Å². The lowest BCUT2D eigenvalue weighted by Gasteiger charge is -2.32. The van der Waals surface area contributed by atoms with E-state index < -0.39 is 10.0 Å². The Labute approximate surface area is 173 Å². The average Bonchev–Trinajstić information content (AvgIpc) is 3.21. The van der Waals surface area contributed by atoms with E-state index in [0.717, 1.165) is 32.2 Å². The zero-order valence-corrected chi connectivity index (χ0v) is 18.1. The molecule has 158 valence electrons. The van der Waals surface area contributed by atoms with Gasteiger partial charge in [0.25, 0.3) is 0 Å². The Balaban J connectivity index is 0.00000280. The third kappa shape index (κ3) is 5.17. The van der Waals surface area contributed by atoms with Crippen molar-refractivity contribution < 1.29 is 17.9 Å². The van der Waals surface area contributed by atoms with Crippen molar-refractivity contribution >= 4 is 28.3 Å². The lowest BCUT2D eigenvalue weighted by molar-refractivity contribution is -0.123. The van der Waals surface area contributed by atoms with E-state index in [4.69, 9.17) is 4.74 Å². The van der Waals surface area contributed by atoms with Crippen molar-refractivity contribution in [2.24, 2.45) is 5.92 Å². The molecule has 2 unspecified atom stereocenters. The zero-order valence-electron chi connectivity index (χ0n) is 16.4. The summed E-state index contributed by atoms with van der Waals surface area (Å²) in [6, 6.07) is 4.93. The van der Waals surface area contributed by atoms with Crippen LogP contribution in [-0.2, 0) is 14.8 Å². The monoisotopic (exact) mass is 431 g/mol. The number of benzene rings is 1. The molecule has 1 aromatic carbocycles. The molecule has 0 bridgehead atoms. The Kier molecular flexibility index (Phi) is 8.12. The van der Waals surface area contributed by atoms with Gasteiger partial charge in [-0.25, -0.2) is 8.42 Å². The number of nitrogens with one attached hydrogen (secondary N) is 2. The van der Waals surface area contributed by atoms with E-state index in [2.05, 4.69) is 10.6 Å². The second kappa shape index (κ2) is 9.91. The van der Waals surface area contributed by atoms with Crippen LogP contribution in [0.2, 0.25) is 0 Å². The van der Waals surface area contributed by atoms with Gasteiger partial charge in [0, 0.05) is 19.6 Å². The van der Waals surface area contributed by atoms with Gasteiger partial charge in [-0.05, 0) is 68.8 Å². The van der Waals surface area contributed by atoms with E-state index in [1.807, 2.05) is 0 Å². The predicted octanol–water partition coefficient (Wildman–Crippen LogP) is 1.69. The van der Waals surface area contributed by atoms with Gasteiger partial charge in [-0.2, -0.15) is 4.31 Å². The van der Waals surface area contributed by atoms with Crippen molar-refractivity contribution in [2.75, 3.05) is 33.3 Å². The number of piperidine rings is 1. The molecule has 2 fully saturated rings. The number of hydrogen-bond donors (Lipinski definition) is 2. The quantitative estimate of drug-likeness (QED) is 0.715. The fourth-order valence-electron chi connectivity index (χ4n) is 3.87. The lowest BCUT2D eigenvalue weighted by Crippen LogP contribution is -2.46. The molecule has 0 spiro atoms. The smallest absolute Gasteiger partial charge is 0.243 e. The summed E-state index contributed by atoms with van der Waals surface area (Å²) in [4.78, 5) is 12.5. The third-order valence-corrected chi connectivity index (χ3v) is 7.45. The van der Waals surface area contributed by atoms with Crippen LogP contribution in [0.3, 0.4) is 0 Å². The second-order valence-electron chi connectivity index (χ2n) is 7.40. The van der Waals surface area contributed by atoms with E-state index in [0.29, 0.717) is 35.8 Å². The highest BCUT2D eigenvalue weighted by Crippen LogP contribution is 2.27. The van der Waals surface area contributed by atoms with Crippen molar-refractivity contribution in [3.63, 3.8) is 0 Å². The highest BCUT2D eigenvalue weighted by molar-refractivity contribution is 7.89. The molecule has 2 aliphatic heterocycles. The van der Waals surface area contributed by atoms with Crippen molar-refractivity contribution in [3.05, 3.63) is 23.8 Å². The molecule has 2 heterocycles. The van der Waals surface area contributed by atoms with Crippen LogP contribution in [0.4, 0.5) is 0 Å². The first-order chi connectivity index (χ1) is 12.9. The summed E-state index contributed by atoms with van der Waals surface area (Å²) in [7, 11) is -1.99. The molecule has 0 saturated carbocycles. The summed E-state index contributed by atoms with van der Waals surface area (Å²) in [5.41, 5.74) is 0.678. The van der Waals surface area contributed by atoms with E-state index in [1.54, 1.807) is 36.5 Å². The fourth-order valence-corrected chi connectivity index (χ4v) is 5.63. The summed E-state index contributed by atoms with van der Waals surface area (Å²) in [6.45, 7) is 4.14. The topological polar surface area (TPSA) is 87.7 Å². The maximum absolute atomic E-state index is 13.1. The summed E-state index contributed by atoms with van der Waals surface area (Å²) >= 11 is 0. The molecule has 1 aromatic rings. The number of methoxy groups -OCH3 is 1. The Morgan fingerprint density at radius 2 is 2.11 bits per heavy atom. The van der Waals surface area contributed by atoms with Crippen LogP contribution in [0.25, 0.3) is 0 Å². The van der Waals surface area contributed by atoms with Crippen LogP contribution in [0.5, 0.6) is 5.75 Å². The molecular formula is C19H30ClN3O4S. The third-order valence-electron chi connectivity index (χ3n) is 5.42. The molecule has 0 radical (unpaired) electrons. The highest BCUT2D eigenvalue weighted by atomic mass is 35.5. The Morgan fingerprint density at radius 3 is 2.75 bits per heavy atom. The number of halogens is 1. The number of amides is 1. The Hall–Kier alpha value is -1.35. The lowest BCUT2D eigenvalue weighted by atomic mass is 9.99. The molecule has 9 heteroatoms. The molecule has 28 heavy (non-hydrogen) atoms. The Morgan fingerprint density at radius 1 is 1.32 bits per heavy atom. The van der Waals surface area contributed by atoms with Gasteiger partial charge >= 0.3 is 0 Å². The SMILES string of the molecule is COc1ccc(S(=O)(=O)N2CCCC(CNC(=O)C3CCCN3)C2)c(C)c1.Cl. The van der Waals surface area contributed by atoms with E-state index >= 15 is 0 Å². The molecule has 2 saturated heterocycles. The van der Waals surface area contributed by atoms with Crippen molar-refractivity contribution in [1.29, 1.82) is 0 Å². The minimum absolute atomic E-state index is 0. The number of carbonyl (C=O) groups is 1. The van der Waals surface area contributed by atoms with Crippen molar-refractivity contribution in [2.45, 2.75) is 43.5 Å². The normalized spacial score (nSPS) is 23.1. The number of carbonyl (C=O) groups excluding carboxylic acids is 1. The van der Waals surface area contributed by atoms with Gasteiger partial charge in [0.2, 0.25) is 15.9 Å². The summed E-state index contributed by atoms with van der Waals surface area (Å²) < 4.78 is 32.9. The predicted molar refractivity (Wildman–Crippen MR) is 110 cm³/mol. The summed E-state index contributed by atoms with van der Waals surface area (Å²) in [6.07, 6.45) is 3.62. The van der Waals surface area contributed by atoms with Gasteiger partial charge in [0.05, 0.1) is 18.0 Å². The number of ether oxygens (including phenoxy) is 1. The average molecular weight is 432 g/mol. The summed E-state index contributed by atoms with van der Waals surface area (Å²) in [5.74, 6) is 0.808. The van der Waals surface area contributed by atoms with Gasteiger partial charge in [0.15, 0.2) is 0 Å². The number of rotatable bonds is 6. The number of sulfonamides is 1. The fraction of sp³-hybridized carbons (Fsp3) is 0.632. The zero-order chi connectivity index (χ0) is 19.4. The van der Waals surface area contributed by atoms with Gasteiger partial charge in [-0.15, -0.1) is 12.4 Å². The molecule has 7 nitrogen and oxygen atoms in total. The molecular weight excluding hydrogens is 402 g/mol.